The third-order valence-electron chi connectivity index (χ3n) is 6.07. The van der Waals surface area contributed by atoms with Crippen LogP contribution < -0.4 is 16.8 Å². The van der Waals surface area contributed by atoms with Gasteiger partial charge in [-0.25, -0.2) is 9.18 Å². The number of anilines is 1. The quantitative estimate of drug-likeness (QED) is 0.255. The average molecular weight is 438 g/mol. The number of carbonyl (C=O) groups excluding carboxylic acids is 1. The lowest BCUT2D eigenvalue weighted by Gasteiger charge is -2.26. The number of rotatable bonds is 7. The summed E-state index contributed by atoms with van der Waals surface area (Å²) in [6.45, 7) is 1.85. The molecule has 168 valence electrons. The van der Waals surface area contributed by atoms with Gasteiger partial charge in [-0.1, -0.05) is 0 Å². The van der Waals surface area contributed by atoms with E-state index in [9.17, 15) is 9.18 Å². The van der Waals surface area contributed by atoms with Crippen LogP contribution in [0.3, 0.4) is 0 Å². The van der Waals surface area contributed by atoms with Gasteiger partial charge in [0.25, 0.3) is 0 Å². The summed E-state index contributed by atoms with van der Waals surface area (Å²) in [5, 5.41) is 11.4. The van der Waals surface area contributed by atoms with Crippen molar-refractivity contribution in [1.29, 1.82) is 5.41 Å². The number of halogens is 1. The molecule has 0 spiro atoms. The van der Waals surface area contributed by atoms with E-state index in [0.29, 0.717) is 37.4 Å². The first-order chi connectivity index (χ1) is 15.5. The van der Waals surface area contributed by atoms with Crippen molar-refractivity contribution in [3.8, 4) is 5.69 Å². The lowest BCUT2D eigenvalue weighted by atomic mass is 9.91. The van der Waals surface area contributed by atoms with Gasteiger partial charge in [0.05, 0.1) is 5.52 Å². The third kappa shape index (κ3) is 4.31. The Balaban J connectivity index is 1.93. The number of ether oxygens (including phenoxy) is 1. The van der Waals surface area contributed by atoms with Crippen molar-refractivity contribution in [3.63, 3.8) is 0 Å². The first kappa shape index (κ1) is 21.8. The normalized spacial score (nSPS) is 14.5. The van der Waals surface area contributed by atoms with Crippen LogP contribution in [0.1, 0.15) is 42.0 Å². The Morgan fingerprint density at radius 1 is 1.25 bits per heavy atom. The summed E-state index contributed by atoms with van der Waals surface area (Å²) in [5.41, 5.74) is 16.8. The number of aryl methyl sites for hydroxylation is 1. The number of nitrogens with two attached hydrogens (primary N) is 2. The van der Waals surface area contributed by atoms with Crippen molar-refractivity contribution < 1.29 is 13.9 Å². The minimum atomic E-state index is -0.539. The van der Waals surface area contributed by atoms with Crippen molar-refractivity contribution in [2.75, 3.05) is 25.5 Å². The number of nitrogens with one attached hydrogen (secondary N) is 2. The number of nitrogens with zero attached hydrogens (tertiary/aromatic N) is 1. The van der Waals surface area contributed by atoms with Crippen LogP contribution in [0.4, 0.5) is 14.9 Å². The standard InChI is InChI=1S/C24H28FN5O2/c25-17-3-5-18(6-4-17)30-22-12-16(14-26)21(27)13-20(22)19(2-1-9-29-24(28)31)23(30)15-7-10-32-11-8-15/h3-6,12-15,26H,1-2,7-11,27H2,(H3,28,29,31). The van der Waals surface area contributed by atoms with E-state index in [4.69, 9.17) is 21.6 Å². The highest BCUT2D eigenvalue weighted by atomic mass is 19.1. The van der Waals surface area contributed by atoms with Gasteiger partial charge in [-0.05, 0) is 67.6 Å². The molecule has 0 radical (unpaired) electrons. The minimum Gasteiger partial charge on any atom is -0.398 e. The number of nitrogen functional groups attached to an aromatic ring is 1. The maximum absolute atomic E-state index is 13.7. The number of aromatic nitrogens is 1. The molecule has 0 atom stereocenters. The molecule has 2 amide bonds. The number of fused-ring (bicyclic) bond motifs is 1. The van der Waals surface area contributed by atoms with Crippen LogP contribution in [0.15, 0.2) is 36.4 Å². The monoisotopic (exact) mass is 437 g/mol. The molecule has 2 aromatic carbocycles. The Bertz CT molecular complexity index is 1130. The number of hydrogen-bond acceptors (Lipinski definition) is 4. The summed E-state index contributed by atoms with van der Waals surface area (Å²) in [4.78, 5) is 11.1. The molecular weight excluding hydrogens is 409 g/mol. The molecule has 8 heteroatoms. The summed E-state index contributed by atoms with van der Waals surface area (Å²) in [5.74, 6) is -0.0232. The zero-order chi connectivity index (χ0) is 22.7. The van der Waals surface area contributed by atoms with Crippen molar-refractivity contribution in [1.82, 2.24) is 9.88 Å². The molecule has 0 saturated carbocycles. The predicted octanol–water partition coefficient (Wildman–Crippen LogP) is 3.84. The van der Waals surface area contributed by atoms with Gasteiger partial charge < -0.3 is 31.5 Å². The topological polar surface area (TPSA) is 119 Å². The van der Waals surface area contributed by atoms with E-state index in [0.717, 1.165) is 47.1 Å². The second-order valence-electron chi connectivity index (χ2n) is 8.10. The number of amides is 2. The van der Waals surface area contributed by atoms with Crippen LogP contribution in [-0.2, 0) is 11.2 Å². The fraction of sp³-hybridized carbons (Fsp3) is 0.333. The van der Waals surface area contributed by atoms with Gasteiger partial charge in [0.15, 0.2) is 0 Å². The Hall–Kier alpha value is -3.39. The Kier molecular flexibility index (Phi) is 6.41. The molecule has 0 aliphatic carbocycles. The van der Waals surface area contributed by atoms with E-state index in [-0.39, 0.29) is 11.7 Å². The summed E-state index contributed by atoms with van der Waals surface area (Å²) in [7, 11) is 0. The predicted molar refractivity (Wildman–Crippen MR) is 124 cm³/mol. The molecule has 1 aromatic heterocycles. The average Bonchev–Trinajstić information content (AvgIpc) is 3.10. The summed E-state index contributed by atoms with van der Waals surface area (Å²) < 4.78 is 21.5. The fourth-order valence-electron chi connectivity index (χ4n) is 4.58. The van der Waals surface area contributed by atoms with Gasteiger partial charge in [-0.2, -0.15) is 0 Å². The lowest BCUT2D eigenvalue weighted by Crippen LogP contribution is -2.30. The summed E-state index contributed by atoms with van der Waals surface area (Å²) in [6, 6.07) is 9.78. The maximum Gasteiger partial charge on any atom is 0.312 e. The van der Waals surface area contributed by atoms with Crippen molar-refractivity contribution in [2.45, 2.75) is 31.6 Å². The van der Waals surface area contributed by atoms with Gasteiger partial charge in [0.1, 0.15) is 5.82 Å². The summed E-state index contributed by atoms with van der Waals surface area (Å²) in [6.07, 6.45) is 4.46. The summed E-state index contributed by atoms with van der Waals surface area (Å²) >= 11 is 0. The van der Waals surface area contributed by atoms with Crippen LogP contribution in [0.2, 0.25) is 0 Å². The first-order valence-electron chi connectivity index (χ1n) is 10.8. The molecule has 6 N–H and O–H groups in total. The third-order valence-corrected chi connectivity index (χ3v) is 6.07. The number of benzene rings is 2. The minimum absolute atomic E-state index is 0.268. The second kappa shape index (κ2) is 9.40. The first-order valence-corrected chi connectivity index (χ1v) is 10.8. The molecule has 0 bridgehead atoms. The number of hydrogen-bond donors (Lipinski definition) is 4. The SMILES string of the molecule is N=Cc1cc2c(cc1N)c(CCCNC(N)=O)c(C1CCOCC1)n2-c1ccc(F)cc1. The second-order valence-corrected chi connectivity index (χ2v) is 8.10. The van der Waals surface area contributed by atoms with E-state index in [1.54, 1.807) is 12.1 Å². The highest BCUT2D eigenvalue weighted by Gasteiger charge is 2.27. The molecule has 0 unspecified atom stereocenters. The van der Waals surface area contributed by atoms with Crippen molar-refractivity contribution >= 4 is 28.8 Å². The highest BCUT2D eigenvalue weighted by Crippen LogP contribution is 2.40. The molecule has 1 saturated heterocycles. The molecule has 4 rings (SSSR count). The molecule has 1 aliphatic heterocycles. The zero-order valence-electron chi connectivity index (χ0n) is 17.9. The molecule has 7 nitrogen and oxygen atoms in total. The molecule has 2 heterocycles. The fourth-order valence-corrected chi connectivity index (χ4v) is 4.58. The van der Waals surface area contributed by atoms with E-state index in [1.165, 1.54) is 18.3 Å². The van der Waals surface area contributed by atoms with Crippen LogP contribution in [-0.4, -0.2) is 36.6 Å². The highest BCUT2D eigenvalue weighted by molar-refractivity contribution is 5.97. The van der Waals surface area contributed by atoms with Gasteiger partial charge in [0, 0.05) is 59.9 Å². The van der Waals surface area contributed by atoms with E-state index >= 15 is 0 Å². The maximum atomic E-state index is 13.7. The van der Waals surface area contributed by atoms with Gasteiger partial charge in [-0.3, -0.25) is 0 Å². The molecule has 1 fully saturated rings. The van der Waals surface area contributed by atoms with Gasteiger partial charge in [0.2, 0.25) is 0 Å². The van der Waals surface area contributed by atoms with Crippen molar-refractivity contribution in [2.24, 2.45) is 5.73 Å². The Morgan fingerprint density at radius 2 is 1.97 bits per heavy atom. The molecule has 3 aromatic rings. The largest absolute Gasteiger partial charge is 0.398 e. The lowest BCUT2D eigenvalue weighted by molar-refractivity contribution is 0.0841. The molecule has 32 heavy (non-hydrogen) atoms. The van der Waals surface area contributed by atoms with Crippen LogP contribution in [0.5, 0.6) is 0 Å². The van der Waals surface area contributed by atoms with Crippen molar-refractivity contribution in [3.05, 3.63) is 59.0 Å². The smallest absolute Gasteiger partial charge is 0.312 e. The Labute approximate surface area is 186 Å². The Morgan fingerprint density at radius 3 is 2.62 bits per heavy atom. The van der Waals surface area contributed by atoms with Crippen LogP contribution in [0, 0.1) is 11.2 Å². The van der Waals surface area contributed by atoms with Gasteiger partial charge in [-0.15, -0.1) is 0 Å². The number of urea groups is 1. The number of primary amides is 1. The van der Waals surface area contributed by atoms with Crippen LogP contribution in [0.25, 0.3) is 16.6 Å². The van der Waals surface area contributed by atoms with E-state index < -0.39 is 6.03 Å². The van der Waals surface area contributed by atoms with E-state index in [1.807, 2.05) is 12.1 Å². The zero-order valence-corrected chi connectivity index (χ0v) is 17.9. The van der Waals surface area contributed by atoms with E-state index in [2.05, 4.69) is 9.88 Å². The molecular formula is C24H28FN5O2. The van der Waals surface area contributed by atoms with Gasteiger partial charge >= 0.3 is 6.03 Å². The number of carbonyl (C=O) groups is 1. The molecule has 1 aliphatic rings. The van der Waals surface area contributed by atoms with Crippen LogP contribution >= 0.6 is 0 Å².